The second-order valence-electron chi connectivity index (χ2n) is 8.56. The lowest BCUT2D eigenvalue weighted by atomic mass is 10.1. The molecule has 1 aliphatic rings. The van der Waals surface area contributed by atoms with Gasteiger partial charge in [-0.05, 0) is 43.9 Å². The lowest BCUT2D eigenvalue weighted by molar-refractivity contribution is -0.122. The molecule has 0 saturated heterocycles. The van der Waals surface area contributed by atoms with Crippen LogP contribution in [0.25, 0.3) is 11.2 Å². The summed E-state index contributed by atoms with van der Waals surface area (Å²) in [6, 6.07) is 12.9. The predicted octanol–water partition coefficient (Wildman–Crippen LogP) is 4.95. The van der Waals surface area contributed by atoms with Crippen molar-refractivity contribution in [2.24, 2.45) is 0 Å². The molecule has 0 radical (unpaired) electrons. The Morgan fingerprint density at radius 3 is 2.63 bits per heavy atom. The summed E-state index contributed by atoms with van der Waals surface area (Å²) in [6.45, 7) is 2.85. The van der Waals surface area contributed by atoms with Gasteiger partial charge in [0.2, 0.25) is 5.91 Å². The molecule has 0 unspecified atom stereocenters. The van der Waals surface area contributed by atoms with Gasteiger partial charge in [0.15, 0.2) is 5.65 Å². The van der Waals surface area contributed by atoms with Crippen molar-refractivity contribution in [3.63, 3.8) is 0 Å². The van der Waals surface area contributed by atoms with Crippen molar-refractivity contribution in [2.45, 2.75) is 77.3 Å². The number of carbonyl (C=O) groups is 1. The van der Waals surface area contributed by atoms with Crippen LogP contribution in [0.5, 0.6) is 0 Å². The molecular weight excluding hydrogens is 372 g/mol. The predicted molar refractivity (Wildman–Crippen MR) is 120 cm³/mol. The second kappa shape index (κ2) is 9.88. The van der Waals surface area contributed by atoms with Gasteiger partial charge in [0.25, 0.3) is 0 Å². The zero-order valence-electron chi connectivity index (χ0n) is 17.9. The molecule has 4 rings (SSSR count). The molecule has 3 aromatic rings. The number of carbonyl (C=O) groups excluding carboxylic acids is 1. The van der Waals surface area contributed by atoms with Crippen LogP contribution in [-0.4, -0.2) is 26.5 Å². The number of aromatic nitrogens is 3. The first kappa shape index (κ1) is 20.6. The molecule has 2 aromatic heterocycles. The summed E-state index contributed by atoms with van der Waals surface area (Å²) in [6.07, 6.45) is 11.3. The molecule has 0 aliphatic heterocycles. The molecule has 5 heteroatoms. The molecular formula is C25H32N4O. The third-order valence-electron chi connectivity index (χ3n) is 6.07. The first-order chi connectivity index (χ1) is 14.7. The van der Waals surface area contributed by atoms with Gasteiger partial charge in [0.05, 0.1) is 6.54 Å². The fourth-order valence-electron chi connectivity index (χ4n) is 4.37. The molecule has 2 heterocycles. The number of pyridine rings is 1. The highest BCUT2D eigenvalue weighted by Gasteiger charge is 2.16. The summed E-state index contributed by atoms with van der Waals surface area (Å²) in [5, 5.41) is 3.25. The van der Waals surface area contributed by atoms with Gasteiger partial charge >= 0.3 is 0 Å². The monoisotopic (exact) mass is 404 g/mol. The van der Waals surface area contributed by atoms with Crippen molar-refractivity contribution >= 4 is 17.1 Å². The van der Waals surface area contributed by atoms with Gasteiger partial charge in [-0.15, -0.1) is 0 Å². The van der Waals surface area contributed by atoms with Gasteiger partial charge in [-0.3, -0.25) is 4.79 Å². The Kier molecular flexibility index (Phi) is 6.77. The molecule has 30 heavy (non-hydrogen) atoms. The van der Waals surface area contributed by atoms with Crippen LogP contribution in [0.3, 0.4) is 0 Å². The number of benzene rings is 1. The van der Waals surface area contributed by atoms with Gasteiger partial charge in [-0.2, -0.15) is 0 Å². The Morgan fingerprint density at radius 2 is 1.87 bits per heavy atom. The number of rotatable bonds is 7. The molecule has 0 spiro atoms. The highest BCUT2D eigenvalue weighted by atomic mass is 16.1. The Bertz CT molecular complexity index is 968. The van der Waals surface area contributed by atoms with Crippen LogP contribution in [0.15, 0.2) is 42.6 Å². The van der Waals surface area contributed by atoms with Crippen LogP contribution < -0.4 is 5.32 Å². The molecule has 158 valence electrons. The minimum Gasteiger partial charge on any atom is -0.353 e. The summed E-state index contributed by atoms with van der Waals surface area (Å²) in [5.41, 5.74) is 4.32. The molecule has 1 aromatic carbocycles. The lowest BCUT2D eigenvalue weighted by Crippen LogP contribution is -2.34. The van der Waals surface area contributed by atoms with E-state index in [4.69, 9.17) is 4.98 Å². The minimum absolute atomic E-state index is 0.182. The van der Waals surface area contributed by atoms with Crippen molar-refractivity contribution in [1.29, 1.82) is 0 Å². The second-order valence-corrected chi connectivity index (χ2v) is 8.56. The number of imidazole rings is 1. The fourth-order valence-corrected chi connectivity index (χ4v) is 4.37. The third-order valence-corrected chi connectivity index (χ3v) is 6.07. The maximum Gasteiger partial charge on any atom is 0.220 e. The van der Waals surface area contributed by atoms with Gasteiger partial charge in [-0.1, -0.05) is 55.5 Å². The largest absolute Gasteiger partial charge is 0.353 e. The van der Waals surface area contributed by atoms with Gasteiger partial charge in [0.1, 0.15) is 11.3 Å². The molecule has 0 bridgehead atoms. The number of hydrogen-bond acceptors (Lipinski definition) is 3. The zero-order chi connectivity index (χ0) is 20.8. The van der Waals surface area contributed by atoms with Crippen LogP contribution in [0.4, 0.5) is 0 Å². The first-order valence-electron chi connectivity index (χ1n) is 11.3. The third kappa shape index (κ3) is 5.26. The summed E-state index contributed by atoms with van der Waals surface area (Å²) in [4.78, 5) is 21.8. The van der Waals surface area contributed by atoms with Crippen LogP contribution in [0, 0.1) is 6.92 Å². The van der Waals surface area contributed by atoms with E-state index in [0.29, 0.717) is 12.5 Å². The van der Waals surface area contributed by atoms with E-state index in [1.54, 1.807) is 0 Å². The van der Waals surface area contributed by atoms with Crippen molar-refractivity contribution in [3.05, 3.63) is 59.5 Å². The summed E-state index contributed by atoms with van der Waals surface area (Å²) in [7, 11) is 0. The van der Waals surface area contributed by atoms with E-state index in [2.05, 4.69) is 46.1 Å². The van der Waals surface area contributed by atoms with E-state index < -0.39 is 0 Å². The number of hydrogen-bond donors (Lipinski definition) is 1. The molecule has 1 saturated carbocycles. The molecule has 1 amide bonds. The van der Waals surface area contributed by atoms with Crippen LogP contribution >= 0.6 is 0 Å². The van der Waals surface area contributed by atoms with Gasteiger partial charge < -0.3 is 9.88 Å². The maximum absolute atomic E-state index is 12.4. The normalized spacial score (nSPS) is 15.2. The Labute approximate surface area is 178 Å². The van der Waals surface area contributed by atoms with Crippen molar-refractivity contribution < 1.29 is 4.79 Å². The number of nitrogens with zero attached hydrogens (tertiary/aromatic N) is 3. The molecule has 5 nitrogen and oxygen atoms in total. The molecule has 1 fully saturated rings. The number of fused-ring (bicyclic) bond motifs is 1. The van der Waals surface area contributed by atoms with E-state index in [1.807, 2.05) is 18.3 Å². The van der Waals surface area contributed by atoms with E-state index in [0.717, 1.165) is 49.2 Å². The number of nitrogens with one attached hydrogen (secondary N) is 1. The smallest absolute Gasteiger partial charge is 0.220 e. The first-order valence-corrected chi connectivity index (χ1v) is 11.3. The van der Waals surface area contributed by atoms with E-state index in [1.165, 1.54) is 36.8 Å². The Morgan fingerprint density at radius 1 is 1.10 bits per heavy atom. The lowest BCUT2D eigenvalue weighted by Gasteiger charge is -2.16. The number of aryl methyl sites for hydroxylation is 2. The van der Waals surface area contributed by atoms with Crippen molar-refractivity contribution in [3.8, 4) is 0 Å². The fraction of sp³-hybridized carbons (Fsp3) is 0.480. The summed E-state index contributed by atoms with van der Waals surface area (Å²) in [5.74, 6) is 1.19. The van der Waals surface area contributed by atoms with Crippen LogP contribution in [-0.2, 0) is 17.8 Å². The molecule has 1 aliphatic carbocycles. The van der Waals surface area contributed by atoms with Crippen molar-refractivity contribution in [2.75, 3.05) is 0 Å². The van der Waals surface area contributed by atoms with E-state index >= 15 is 0 Å². The average Bonchev–Trinajstić information content (AvgIpc) is 2.90. The van der Waals surface area contributed by atoms with E-state index in [9.17, 15) is 4.79 Å². The highest BCUT2D eigenvalue weighted by Crippen LogP contribution is 2.19. The zero-order valence-corrected chi connectivity index (χ0v) is 17.9. The molecule has 1 N–H and O–H groups in total. The summed E-state index contributed by atoms with van der Waals surface area (Å²) >= 11 is 0. The van der Waals surface area contributed by atoms with Crippen LogP contribution in [0.1, 0.15) is 68.3 Å². The summed E-state index contributed by atoms with van der Waals surface area (Å²) < 4.78 is 2.20. The highest BCUT2D eigenvalue weighted by molar-refractivity contribution is 5.76. The quantitative estimate of drug-likeness (QED) is 0.567. The van der Waals surface area contributed by atoms with Crippen LogP contribution in [0.2, 0.25) is 0 Å². The average molecular weight is 405 g/mol. The standard InChI is InChI=1S/C25H32N4O/c1-19-13-15-20(16-14-19)18-29-23(28-22-10-7-17-26-25(22)29)11-6-12-24(30)27-21-8-4-2-3-5-9-21/h7,10,13-17,21H,2-6,8-9,11-12,18H2,1H3,(H,27,30). The maximum atomic E-state index is 12.4. The van der Waals surface area contributed by atoms with Gasteiger partial charge in [0, 0.05) is 25.1 Å². The Hall–Kier alpha value is -2.69. The molecule has 0 atom stereocenters. The minimum atomic E-state index is 0.182. The Balaban J connectivity index is 1.40. The topological polar surface area (TPSA) is 59.8 Å². The SMILES string of the molecule is Cc1ccc(Cn2c(CCCC(=O)NC3CCCCCC3)nc3cccnc32)cc1. The number of amides is 1. The van der Waals surface area contributed by atoms with Crippen molar-refractivity contribution in [1.82, 2.24) is 19.9 Å². The van der Waals surface area contributed by atoms with Gasteiger partial charge in [-0.25, -0.2) is 9.97 Å². The van der Waals surface area contributed by atoms with E-state index in [-0.39, 0.29) is 5.91 Å².